The molecule has 2 heterocycles. The van der Waals surface area contributed by atoms with Gasteiger partial charge in [-0.3, -0.25) is 14.6 Å². The molecule has 3 aromatic rings. The first-order valence-electron chi connectivity index (χ1n) is 7.89. The van der Waals surface area contributed by atoms with E-state index >= 15 is 0 Å². The molecule has 1 aromatic carbocycles. The highest BCUT2D eigenvalue weighted by Gasteiger charge is 2.23. The Morgan fingerprint density at radius 1 is 1.11 bits per heavy atom. The first-order chi connectivity index (χ1) is 12.8. The molecule has 0 aliphatic carbocycles. The molecule has 138 valence electrons. The van der Waals surface area contributed by atoms with E-state index in [4.69, 9.17) is 0 Å². The predicted molar refractivity (Wildman–Crippen MR) is 91.5 cm³/mol. The van der Waals surface area contributed by atoms with Gasteiger partial charge in [0.1, 0.15) is 23.1 Å². The first kappa shape index (κ1) is 18.4. The molecule has 1 N–H and O–H groups in total. The lowest BCUT2D eigenvalue weighted by atomic mass is 10.0. The largest absolute Gasteiger partial charge is 0.339 e. The molecule has 0 fully saturated rings. The highest BCUT2D eigenvalue weighted by Crippen LogP contribution is 2.24. The van der Waals surface area contributed by atoms with Crippen LogP contribution >= 0.6 is 0 Å². The Labute approximate surface area is 152 Å². The Balaban J connectivity index is 2.04. The second-order valence-corrected chi connectivity index (χ2v) is 5.85. The molecule has 0 saturated carbocycles. The number of nitrogens with zero attached hydrogens (tertiary/aromatic N) is 2. The zero-order valence-electron chi connectivity index (χ0n) is 14.1. The number of aryl methyl sites for hydroxylation is 1. The zero-order chi connectivity index (χ0) is 19.6. The number of amides is 1. The molecule has 27 heavy (non-hydrogen) atoms. The number of aromatic nitrogens is 2. The Kier molecular flexibility index (Phi) is 5.07. The van der Waals surface area contributed by atoms with E-state index in [1.54, 1.807) is 0 Å². The number of rotatable bonds is 4. The van der Waals surface area contributed by atoms with Crippen molar-refractivity contribution in [1.29, 1.82) is 0 Å². The van der Waals surface area contributed by atoms with Crippen LogP contribution in [0.5, 0.6) is 0 Å². The van der Waals surface area contributed by atoms with Crippen molar-refractivity contribution in [3.8, 4) is 0 Å². The lowest BCUT2D eigenvalue weighted by molar-refractivity contribution is 0.0940. The van der Waals surface area contributed by atoms with Gasteiger partial charge in [-0.1, -0.05) is 0 Å². The Bertz CT molecular complexity index is 1050. The van der Waals surface area contributed by atoms with Gasteiger partial charge >= 0.3 is 0 Å². The van der Waals surface area contributed by atoms with Crippen molar-refractivity contribution >= 4 is 5.91 Å². The van der Waals surface area contributed by atoms with E-state index in [1.807, 2.05) is 0 Å². The summed E-state index contributed by atoms with van der Waals surface area (Å²) in [4.78, 5) is 28.0. The van der Waals surface area contributed by atoms with Crippen LogP contribution in [0.25, 0.3) is 0 Å². The van der Waals surface area contributed by atoms with Gasteiger partial charge in [0.2, 0.25) is 5.56 Å². The van der Waals surface area contributed by atoms with Crippen molar-refractivity contribution in [2.45, 2.75) is 6.04 Å². The van der Waals surface area contributed by atoms with Gasteiger partial charge in [0.25, 0.3) is 5.91 Å². The number of hydrogen-bond acceptors (Lipinski definition) is 3. The van der Waals surface area contributed by atoms with E-state index in [9.17, 15) is 22.8 Å². The second kappa shape index (κ2) is 7.45. The fraction of sp³-hybridized carbons (Fsp3) is 0.105. The number of hydrogen-bond donors (Lipinski definition) is 1. The lowest BCUT2D eigenvalue weighted by Crippen LogP contribution is -2.31. The van der Waals surface area contributed by atoms with Gasteiger partial charge in [-0.2, -0.15) is 0 Å². The number of carbonyl (C=O) groups excluding carboxylic acids is 1. The Hall–Kier alpha value is -3.42. The molecular formula is C19H14F3N3O2. The van der Waals surface area contributed by atoms with Gasteiger partial charge in [0.05, 0.1) is 11.6 Å². The van der Waals surface area contributed by atoms with Crippen LogP contribution in [0, 0.1) is 17.5 Å². The average Bonchev–Trinajstić information content (AvgIpc) is 2.61. The van der Waals surface area contributed by atoms with E-state index < -0.39 is 29.4 Å². The van der Waals surface area contributed by atoms with E-state index in [-0.39, 0.29) is 22.4 Å². The van der Waals surface area contributed by atoms with Crippen LogP contribution in [0.3, 0.4) is 0 Å². The molecule has 2 aromatic heterocycles. The van der Waals surface area contributed by atoms with Crippen LogP contribution in [-0.4, -0.2) is 15.5 Å². The van der Waals surface area contributed by atoms with Crippen LogP contribution in [-0.2, 0) is 7.05 Å². The van der Waals surface area contributed by atoms with Gasteiger partial charge in [0, 0.05) is 31.6 Å². The summed E-state index contributed by atoms with van der Waals surface area (Å²) in [5, 5.41) is 2.52. The van der Waals surface area contributed by atoms with Gasteiger partial charge in [0.15, 0.2) is 0 Å². The summed E-state index contributed by atoms with van der Waals surface area (Å²) in [5.74, 6) is -3.15. The molecule has 1 amide bonds. The Morgan fingerprint density at radius 2 is 1.81 bits per heavy atom. The molecule has 1 atom stereocenters. The van der Waals surface area contributed by atoms with Gasteiger partial charge in [-0.25, -0.2) is 13.2 Å². The quantitative estimate of drug-likeness (QED) is 0.765. The summed E-state index contributed by atoms with van der Waals surface area (Å²) in [7, 11) is 1.47. The monoisotopic (exact) mass is 373 g/mol. The standard InChI is InChI=1S/C19H14F3N3O2/c1-25-10-11(4-5-16(25)26)19(27)24-17(18-15(22)3-2-6-23-18)12-7-13(20)9-14(21)8-12/h2-10,17H,1H3,(H,24,27). The van der Waals surface area contributed by atoms with Crippen LogP contribution in [0.4, 0.5) is 13.2 Å². The topological polar surface area (TPSA) is 64.0 Å². The van der Waals surface area contributed by atoms with Crippen LogP contribution in [0.2, 0.25) is 0 Å². The molecule has 8 heteroatoms. The van der Waals surface area contributed by atoms with Crippen LogP contribution in [0.15, 0.2) is 59.7 Å². The van der Waals surface area contributed by atoms with E-state index in [1.165, 1.54) is 42.2 Å². The number of benzene rings is 1. The number of nitrogens with one attached hydrogen (secondary N) is 1. The maximum Gasteiger partial charge on any atom is 0.253 e. The third-order valence-corrected chi connectivity index (χ3v) is 3.90. The van der Waals surface area contributed by atoms with E-state index in [0.29, 0.717) is 6.07 Å². The van der Waals surface area contributed by atoms with Crippen molar-refractivity contribution < 1.29 is 18.0 Å². The van der Waals surface area contributed by atoms with Gasteiger partial charge in [-0.15, -0.1) is 0 Å². The molecule has 0 saturated heterocycles. The fourth-order valence-corrected chi connectivity index (χ4v) is 2.60. The molecule has 1 unspecified atom stereocenters. The van der Waals surface area contributed by atoms with E-state index in [0.717, 1.165) is 18.2 Å². The van der Waals surface area contributed by atoms with Crippen molar-refractivity contribution in [2.75, 3.05) is 0 Å². The molecule has 3 rings (SSSR count). The van der Waals surface area contributed by atoms with Gasteiger partial charge < -0.3 is 9.88 Å². The molecule has 0 radical (unpaired) electrons. The van der Waals surface area contributed by atoms with Crippen LogP contribution in [0.1, 0.15) is 27.7 Å². The van der Waals surface area contributed by atoms with Crippen molar-refractivity contribution in [1.82, 2.24) is 14.9 Å². The molecule has 0 aliphatic rings. The lowest BCUT2D eigenvalue weighted by Gasteiger charge is -2.20. The van der Waals surface area contributed by atoms with Crippen molar-refractivity contribution in [3.05, 3.63) is 99.5 Å². The van der Waals surface area contributed by atoms with Gasteiger partial charge in [-0.05, 0) is 35.9 Å². The minimum Gasteiger partial charge on any atom is -0.339 e. The fourth-order valence-electron chi connectivity index (χ4n) is 2.60. The SMILES string of the molecule is Cn1cc(C(=O)NC(c2cc(F)cc(F)c2)c2ncccc2F)ccc1=O. The normalized spacial score (nSPS) is 11.9. The molecule has 0 bridgehead atoms. The third kappa shape index (κ3) is 4.05. The summed E-state index contributed by atoms with van der Waals surface area (Å²) in [5.41, 5.74) is -0.398. The summed E-state index contributed by atoms with van der Waals surface area (Å²) in [6, 6.07) is 6.40. The number of halogens is 3. The average molecular weight is 373 g/mol. The highest BCUT2D eigenvalue weighted by molar-refractivity contribution is 5.94. The van der Waals surface area contributed by atoms with Crippen molar-refractivity contribution in [3.63, 3.8) is 0 Å². The molecular weight excluding hydrogens is 359 g/mol. The Morgan fingerprint density at radius 3 is 2.44 bits per heavy atom. The summed E-state index contributed by atoms with van der Waals surface area (Å²) >= 11 is 0. The molecule has 0 aliphatic heterocycles. The second-order valence-electron chi connectivity index (χ2n) is 5.85. The first-order valence-corrected chi connectivity index (χ1v) is 7.89. The highest BCUT2D eigenvalue weighted by atomic mass is 19.1. The maximum absolute atomic E-state index is 14.2. The zero-order valence-corrected chi connectivity index (χ0v) is 14.1. The maximum atomic E-state index is 14.2. The molecule has 5 nitrogen and oxygen atoms in total. The minimum absolute atomic E-state index is 0.0109. The summed E-state index contributed by atoms with van der Waals surface area (Å²) in [6.07, 6.45) is 2.61. The predicted octanol–water partition coefficient (Wildman–Crippen LogP) is 2.72. The minimum atomic E-state index is -1.24. The third-order valence-electron chi connectivity index (χ3n) is 3.90. The number of carbonyl (C=O) groups is 1. The smallest absolute Gasteiger partial charge is 0.253 e. The van der Waals surface area contributed by atoms with E-state index in [2.05, 4.69) is 10.3 Å². The van der Waals surface area contributed by atoms with Crippen LogP contribution < -0.4 is 10.9 Å². The molecule has 0 spiro atoms. The summed E-state index contributed by atoms with van der Waals surface area (Å²) < 4.78 is 42.8. The van der Waals surface area contributed by atoms with Crippen molar-refractivity contribution in [2.24, 2.45) is 7.05 Å². The number of pyridine rings is 2. The summed E-state index contributed by atoms with van der Waals surface area (Å²) in [6.45, 7) is 0.